The number of aryl methyl sites for hydroxylation is 1. The second-order valence-corrected chi connectivity index (χ2v) is 9.78. The molecule has 3 heterocycles. The first-order chi connectivity index (χ1) is 15.6. The lowest BCUT2D eigenvalue weighted by Crippen LogP contribution is -2.43. The van der Waals surface area contributed by atoms with E-state index in [1.165, 1.54) is 0 Å². The number of rotatable bonds is 5. The largest absolute Gasteiger partial charge is 0.390 e. The fourth-order valence-electron chi connectivity index (χ4n) is 4.21. The molecule has 1 saturated heterocycles. The van der Waals surface area contributed by atoms with Crippen LogP contribution in [-0.4, -0.2) is 49.8 Å². The van der Waals surface area contributed by atoms with Crippen molar-refractivity contribution in [1.82, 2.24) is 14.5 Å². The van der Waals surface area contributed by atoms with Crippen LogP contribution in [0.15, 0.2) is 42.6 Å². The molecule has 1 aliphatic rings. The first-order valence-corrected chi connectivity index (χ1v) is 11.3. The molecule has 172 valence electrons. The molecular formula is C26H29FN4O2. The Morgan fingerprint density at radius 1 is 1.24 bits per heavy atom. The summed E-state index contributed by atoms with van der Waals surface area (Å²) < 4.78 is 16.1. The lowest BCUT2D eigenvalue weighted by Gasteiger charge is -2.34. The number of nitriles is 1. The second-order valence-electron chi connectivity index (χ2n) is 9.78. The Morgan fingerprint density at radius 2 is 1.91 bits per heavy atom. The van der Waals surface area contributed by atoms with E-state index >= 15 is 0 Å². The number of hydrogen-bond acceptors (Lipinski definition) is 4. The van der Waals surface area contributed by atoms with Crippen LogP contribution in [-0.2, 0) is 6.42 Å². The molecule has 6 nitrogen and oxygen atoms in total. The molecule has 0 bridgehead atoms. The minimum absolute atomic E-state index is 0.135. The van der Waals surface area contributed by atoms with E-state index in [0.717, 1.165) is 16.8 Å². The third-order valence-corrected chi connectivity index (χ3v) is 6.30. The number of benzene rings is 1. The monoisotopic (exact) mass is 448 g/mol. The minimum Gasteiger partial charge on any atom is -0.390 e. The van der Waals surface area contributed by atoms with Gasteiger partial charge < -0.3 is 10.0 Å². The van der Waals surface area contributed by atoms with Crippen LogP contribution in [0.4, 0.5) is 4.39 Å². The van der Waals surface area contributed by atoms with Crippen molar-refractivity contribution < 1.29 is 14.3 Å². The van der Waals surface area contributed by atoms with Crippen LogP contribution in [0.1, 0.15) is 61.6 Å². The molecule has 0 atom stereocenters. The molecule has 1 aromatic carbocycles. The van der Waals surface area contributed by atoms with Gasteiger partial charge >= 0.3 is 0 Å². The smallest absolute Gasteiger partial charge is 0.255 e. The van der Waals surface area contributed by atoms with Gasteiger partial charge in [0.25, 0.3) is 5.91 Å². The maximum absolute atomic E-state index is 14.1. The molecule has 4 rings (SSSR count). The zero-order valence-corrected chi connectivity index (χ0v) is 19.3. The van der Waals surface area contributed by atoms with E-state index < -0.39 is 11.3 Å². The van der Waals surface area contributed by atoms with Crippen molar-refractivity contribution in [3.8, 4) is 11.8 Å². The van der Waals surface area contributed by atoms with Gasteiger partial charge in [0.2, 0.25) is 0 Å². The molecule has 0 aliphatic carbocycles. The third-order valence-electron chi connectivity index (χ3n) is 6.30. The number of halogens is 1. The summed E-state index contributed by atoms with van der Waals surface area (Å²) in [7, 11) is 0. The van der Waals surface area contributed by atoms with Gasteiger partial charge in [0.05, 0.1) is 22.8 Å². The van der Waals surface area contributed by atoms with E-state index in [0.29, 0.717) is 55.5 Å². The predicted molar refractivity (Wildman–Crippen MR) is 125 cm³/mol. The number of likely N-dealkylation sites (tertiary alicyclic amines) is 1. The van der Waals surface area contributed by atoms with Gasteiger partial charge in [-0.15, -0.1) is 0 Å². The average molecular weight is 449 g/mol. The average Bonchev–Trinajstić information content (AvgIpc) is 3.14. The number of nitrogens with zero attached hydrogens (tertiary/aromatic N) is 4. The third kappa shape index (κ3) is 5.07. The van der Waals surface area contributed by atoms with Crippen molar-refractivity contribution in [3.63, 3.8) is 0 Å². The van der Waals surface area contributed by atoms with E-state index in [9.17, 15) is 14.3 Å². The summed E-state index contributed by atoms with van der Waals surface area (Å²) in [5, 5.41) is 20.2. The molecular weight excluding hydrogens is 419 g/mol. The second kappa shape index (κ2) is 8.60. The fraction of sp³-hybridized carbons (Fsp3) is 0.423. The lowest BCUT2D eigenvalue weighted by molar-refractivity contribution is 0.0503. The molecule has 1 amide bonds. The molecule has 2 aromatic heterocycles. The zero-order chi connectivity index (χ0) is 23.8. The highest BCUT2D eigenvalue weighted by Gasteiger charge is 2.32. The van der Waals surface area contributed by atoms with Crippen molar-refractivity contribution in [2.75, 3.05) is 13.1 Å². The van der Waals surface area contributed by atoms with E-state index in [-0.39, 0.29) is 5.91 Å². The number of amides is 1. The normalized spacial score (nSPS) is 16.1. The van der Waals surface area contributed by atoms with Crippen molar-refractivity contribution >= 4 is 16.9 Å². The standard InChI is InChI=1S/C26H29FN4O2/c1-25(2,33)9-8-22-15-19-14-20(24(32)30-12-10-26(3,27)11-13-30)17-29-23(19)31(22)21-6-4-18(16-28)5-7-21/h4-7,14-15,17,33H,8-13H2,1-3H3. The quantitative estimate of drug-likeness (QED) is 0.620. The summed E-state index contributed by atoms with van der Waals surface area (Å²) in [6.07, 6.45) is 3.43. The van der Waals surface area contributed by atoms with Crippen LogP contribution in [0, 0.1) is 11.3 Å². The Balaban J connectivity index is 1.71. The molecule has 0 unspecified atom stereocenters. The molecule has 1 aliphatic heterocycles. The highest BCUT2D eigenvalue weighted by atomic mass is 19.1. The predicted octanol–water partition coefficient (Wildman–Crippen LogP) is 4.56. The van der Waals surface area contributed by atoms with Crippen LogP contribution in [0.5, 0.6) is 0 Å². The summed E-state index contributed by atoms with van der Waals surface area (Å²) in [5.41, 5.74) is 1.54. The number of carbonyl (C=O) groups excluding carboxylic acids is 1. The molecule has 0 saturated carbocycles. The van der Waals surface area contributed by atoms with Crippen LogP contribution in [0.3, 0.4) is 0 Å². The summed E-state index contributed by atoms with van der Waals surface area (Å²) in [6.45, 7) is 5.93. The van der Waals surface area contributed by atoms with E-state index in [4.69, 9.17) is 5.26 Å². The van der Waals surface area contributed by atoms with Crippen LogP contribution < -0.4 is 0 Å². The van der Waals surface area contributed by atoms with Gasteiger partial charge in [0, 0.05) is 36.1 Å². The highest BCUT2D eigenvalue weighted by molar-refractivity contribution is 5.97. The van der Waals surface area contributed by atoms with Gasteiger partial charge in [-0.05, 0) is 82.9 Å². The number of alkyl halides is 1. The summed E-state index contributed by atoms with van der Waals surface area (Å²) in [5.74, 6) is -0.135. The molecule has 0 spiro atoms. The molecule has 1 fully saturated rings. The summed E-state index contributed by atoms with van der Waals surface area (Å²) in [4.78, 5) is 19.4. The lowest BCUT2D eigenvalue weighted by atomic mass is 9.95. The van der Waals surface area contributed by atoms with Crippen LogP contribution in [0.25, 0.3) is 16.7 Å². The van der Waals surface area contributed by atoms with Gasteiger partial charge in [-0.25, -0.2) is 9.37 Å². The van der Waals surface area contributed by atoms with Gasteiger partial charge in [0.1, 0.15) is 11.3 Å². The maximum Gasteiger partial charge on any atom is 0.255 e. The zero-order valence-electron chi connectivity index (χ0n) is 19.3. The number of carbonyl (C=O) groups is 1. The van der Waals surface area contributed by atoms with Crippen LogP contribution >= 0.6 is 0 Å². The SMILES string of the molecule is CC(C)(O)CCc1cc2cc(C(=O)N3CCC(C)(F)CC3)cnc2n1-c1ccc(C#N)cc1. The number of piperidine rings is 1. The fourth-order valence-corrected chi connectivity index (χ4v) is 4.21. The Hall–Kier alpha value is -3.24. The Morgan fingerprint density at radius 3 is 2.52 bits per heavy atom. The van der Waals surface area contributed by atoms with E-state index in [1.807, 2.05) is 28.8 Å². The number of aliphatic hydroxyl groups is 1. The number of fused-ring (bicyclic) bond motifs is 1. The first kappa shape index (κ1) is 22.9. The van der Waals surface area contributed by atoms with E-state index in [1.54, 1.807) is 44.0 Å². The van der Waals surface area contributed by atoms with Gasteiger partial charge in [-0.2, -0.15) is 5.26 Å². The molecule has 3 aromatic rings. The van der Waals surface area contributed by atoms with Gasteiger partial charge in [0.15, 0.2) is 0 Å². The Kier molecular flexibility index (Phi) is 5.98. The Labute approximate surface area is 193 Å². The van der Waals surface area contributed by atoms with Crippen molar-refractivity contribution in [3.05, 3.63) is 59.4 Å². The number of aromatic nitrogens is 2. The topological polar surface area (TPSA) is 82.2 Å². The Bertz CT molecular complexity index is 1210. The summed E-state index contributed by atoms with van der Waals surface area (Å²) >= 11 is 0. The highest BCUT2D eigenvalue weighted by Crippen LogP contribution is 2.29. The summed E-state index contributed by atoms with van der Waals surface area (Å²) in [6, 6.07) is 13.2. The van der Waals surface area contributed by atoms with Crippen molar-refractivity contribution in [1.29, 1.82) is 5.26 Å². The molecule has 7 heteroatoms. The van der Waals surface area contributed by atoms with Crippen molar-refractivity contribution in [2.24, 2.45) is 0 Å². The van der Waals surface area contributed by atoms with Crippen LogP contribution in [0.2, 0.25) is 0 Å². The molecule has 33 heavy (non-hydrogen) atoms. The van der Waals surface area contributed by atoms with Gasteiger partial charge in [-0.1, -0.05) is 0 Å². The van der Waals surface area contributed by atoms with E-state index in [2.05, 4.69) is 11.1 Å². The molecule has 1 N–H and O–H groups in total. The first-order valence-electron chi connectivity index (χ1n) is 11.3. The van der Waals surface area contributed by atoms with Crippen molar-refractivity contribution in [2.45, 2.75) is 57.7 Å². The molecule has 0 radical (unpaired) electrons. The maximum atomic E-state index is 14.1. The number of pyridine rings is 1. The van der Waals surface area contributed by atoms with Gasteiger partial charge in [-0.3, -0.25) is 9.36 Å². The minimum atomic E-state index is -1.22. The number of hydrogen-bond donors (Lipinski definition) is 1.